The van der Waals surface area contributed by atoms with Crippen LogP contribution in [0.3, 0.4) is 0 Å². The maximum absolute atomic E-state index is 12.0. The van der Waals surface area contributed by atoms with E-state index in [9.17, 15) is 4.79 Å². The fraction of sp³-hybridized carbons (Fsp3) is 0.385. The monoisotopic (exact) mass is 231 g/mol. The van der Waals surface area contributed by atoms with Crippen LogP contribution in [0.1, 0.15) is 25.3 Å². The van der Waals surface area contributed by atoms with Crippen molar-refractivity contribution < 1.29 is 4.79 Å². The van der Waals surface area contributed by atoms with Crippen LogP contribution in [0.15, 0.2) is 29.3 Å². The van der Waals surface area contributed by atoms with E-state index in [4.69, 9.17) is 5.73 Å². The Morgan fingerprint density at radius 2 is 2.12 bits per heavy atom. The fourth-order valence-electron chi connectivity index (χ4n) is 2.06. The molecule has 4 nitrogen and oxygen atoms in total. The zero-order chi connectivity index (χ0) is 12.4. The average molecular weight is 231 g/mol. The number of fused-ring (bicyclic) bond motifs is 1. The van der Waals surface area contributed by atoms with Crippen molar-refractivity contribution in [1.29, 1.82) is 0 Å². The lowest BCUT2D eigenvalue weighted by Gasteiger charge is -2.18. The number of nitrogens with zero attached hydrogens (tertiary/aromatic N) is 2. The highest BCUT2D eigenvalue weighted by Crippen LogP contribution is 2.25. The van der Waals surface area contributed by atoms with Crippen LogP contribution in [0.2, 0.25) is 0 Å². The summed E-state index contributed by atoms with van der Waals surface area (Å²) in [5, 5.41) is 0. The summed E-state index contributed by atoms with van der Waals surface area (Å²) in [5.41, 5.74) is 8.61. The van der Waals surface area contributed by atoms with Crippen LogP contribution >= 0.6 is 0 Å². The molecule has 1 aliphatic rings. The molecule has 1 aromatic carbocycles. The topological polar surface area (TPSA) is 58.7 Å². The predicted molar refractivity (Wildman–Crippen MR) is 69.3 cm³/mol. The van der Waals surface area contributed by atoms with E-state index in [2.05, 4.69) is 11.9 Å². The molecule has 0 aliphatic carbocycles. The fourth-order valence-corrected chi connectivity index (χ4v) is 2.06. The number of amides is 1. The van der Waals surface area contributed by atoms with Gasteiger partial charge < -0.3 is 10.6 Å². The van der Waals surface area contributed by atoms with Gasteiger partial charge in [-0.15, -0.1) is 0 Å². The van der Waals surface area contributed by atoms with Crippen LogP contribution in [0.25, 0.3) is 0 Å². The molecule has 2 N–H and O–H groups in total. The van der Waals surface area contributed by atoms with Crippen LogP contribution < -0.4 is 10.6 Å². The normalized spacial score (nSPS) is 19.7. The first-order valence-corrected chi connectivity index (χ1v) is 5.84. The lowest BCUT2D eigenvalue weighted by atomic mass is 10.0. The number of para-hydroxylation sites is 1. The molecular formula is C13H17N3O. The molecule has 1 unspecified atom stereocenters. The predicted octanol–water partition coefficient (Wildman–Crippen LogP) is 1.54. The minimum atomic E-state index is -0.783. The molecule has 2 rings (SSSR count). The first kappa shape index (κ1) is 11.8. The van der Waals surface area contributed by atoms with Crippen molar-refractivity contribution in [2.24, 2.45) is 10.7 Å². The largest absolute Gasteiger partial charge is 0.312 e. The standard InChI is InChI=1S/C13H17N3O/c1-3-6-10-9-7-4-5-8-11(9)16(2)13(17)12(14)15-10/h4-5,7-8,12H,3,6,14H2,1-2H3. The van der Waals surface area contributed by atoms with Crippen LogP contribution in [0.4, 0.5) is 5.69 Å². The molecule has 17 heavy (non-hydrogen) atoms. The summed E-state index contributed by atoms with van der Waals surface area (Å²) in [6, 6.07) is 7.80. The van der Waals surface area contributed by atoms with Gasteiger partial charge in [0.25, 0.3) is 5.91 Å². The zero-order valence-electron chi connectivity index (χ0n) is 10.2. The number of carbonyl (C=O) groups is 1. The van der Waals surface area contributed by atoms with Crippen LogP contribution in [0.5, 0.6) is 0 Å². The van der Waals surface area contributed by atoms with E-state index in [0.717, 1.165) is 29.8 Å². The number of hydrogen-bond donors (Lipinski definition) is 1. The highest BCUT2D eigenvalue weighted by Gasteiger charge is 2.25. The number of likely N-dealkylation sites (N-methyl/N-ethyl adjacent to an activating group) is 1. The van der Waals surface area contributed by atoms with Gasteiger partial charge in [-0.05, 0) is 12.5 Å². The summed E-state index contributed by atoms with van der Waals surface area (Å²) in [6.45, 7) is 2.09. The average Bonchev–Trinajstić information content (AvgIpc) is 2.43. The maximum atomic E-state index is 12.0. The number of anilines is 1. The zero-order valence-corrected chi connectivity index (χ0v) is 10.2. The van der Waals surface area contributed by atoms with Gasteiger partial charge in [0.15, 0.2) is 6.17 Å². The van der Waals surface area contributed by atoms with Gasteiger partial charge >= 0.3 is 0 Å². The van der Waals surface area contributed by atoms with E-state index in [0.29, 0.717) is 0 Å². The van der Waals surface area contributed by atoms with Gasteiger partial charge in [-0.1, -0.05) is 31.5 Å². The molecular weight excluding hydrogens is 214 g/mol. The van der Waals surface area contributed by atoms with Crippen LogP contribution in [-0.2, 0) is 4.79 Å². The van der Waals surface area contributed by atoms with Gasteiger partial charge in [0.1, 0.15) is 0 Å². The molecule has 1 aliphatic heterocycles. The number of benzene rings is 1. The Hall–Kier alpha value is -1.68. The van der Waals surface area contributed by atoms with E-state index in [1.54, 1.807) is 11.9 Å². The minimum absolute atomic E-state index is 0.163. The smallest absolute Gasteiger partial charge is 0.266 e. The van der Waals surface area contributed by atoms with Crippen molar-refractivity contribution in [3.8, 4) is 0 Å². The van der Waals surface area contributed by atoms with Gasteiger partial charge in [0.2, 0.25) is 0 Å². The molecule has 0 radical (unpaired) electrons. The lowest BCUT2D eigenvalue weighted by molar-refractivity contribution is -0.119. The van der Waals surface area contributed by atoms with Gasteiger partial charge in [-0.3, -0.25) is 9.79 Å². The second-order valence-electron chi connectivity index (χ2n) is 4.19. The summed E-state index contributed by atoms with van der Waals surface area (Å²) in [4.78, 5) is 17.9. The molecule has 1 atom stereocenters. The number of aliphatic imine (C=N–C) groups is 1. The third-order valence-electron chi connectivity index (χ3n) is 2.94. The summed E-state index contributed by atoms with van der Waals surface area (Å²) in [5.74, 6) is -0.163. The Morgan fingerprint density at radius 3 is 2.82 bits per heavy atom. The highest BCUT2D eigenvalue weighted by atomic mass is 16.2. The van der Waals surface area contributed by atoms with E-state index >= 15 is 0 Å². The van der Waals surface area contributed by atoms with Crippen molar-refractivity contribution >= 4 is 17.3 Å². The molecule has 0 spiro atoms. The Kier molecular flexibility index (Phi) is 3.24. The Bertz CT molecular complexity index is 467. The number of carbonyl (C=O) groups excluding carboxylic acids is 1. The quantitative estimate of drug-likeness (QED) is 0.839. The number of hydrogen-bond acceptors (Lipinski definition) is 3. The van der Waals surface area contributed by atoms with Gasteiger partial charge in [0.05, 0.1) is 5.69 Å². The number of rotatable bonds is 2. The SMILES string of the molecule is CCCC1=NC(N)C(=O)N(C)c2ccccc21. The molecule has 90 valence electrons. The van der Waals surface area contributed by atoms with Crippen LogP contribution in [0, 0.1) is 0 Å². The molecule has 0 bridgehead atoms. The molecule has 0 saturated heterocycles. The van der Waals surface area contributed by atoms with Crippen molar-refractivity contribution in [3.63, 3.8) is 0 Å². The Balaban J connectivity index is 2.56. The summed E-state index contributed by atoms with van der Waals surface area (Å²) in [6.07, 6.45) is 1.04. The van der Waals surface area contributed by atoms with Crippen LogP contribution in [-0.4, -0.2) is 24.8 Å². The molecule has 1 amide bonds. The molecule has 0 saturated carbocycles. The Labute approximate surface area is 101 Å². The van der Waals surface area contributed by atoms with Crippen molar-refractivity contribution in [1.82, 2.24) is 0 Å². The maximum Gasteiger partial charge on any atom is 0.266 e. The summed E-state index contributed by atoms with van der Waals surface area (Å²) >= 11 is 0. The Morgan fingerprint density at radius 1 is 1.41 bits per heavy atom. The van der Waals surface area contributed by atoms with Crippen molar-refractivity contribution in [2.75, 3.05) is 11.9 Å². The summed E-state index contributed by atoms with van der Waals surface area (Å²) < 4.78 is 0. The molecule has 0 fully saturated rings. The van der Waals surface area contributed by atoms with E-state index in [1.807, 2.05) is 24.3 Å². The highest BCUT2D eigenvalue weighted by molar-refractivity contribution is 6.12. The summed E-state index contributed by atoms with van der Waals surface area (Å²) in [7, 11) is 1.74. The molecule has 1 aromatic rings. The second-order valence-corrected chi connectivity index (χ2v) is 4.19. The van der Waals surface area contributed by atoms with E-state index < -0.39 is 6.17 Å². The van der Waals surface area contributed by atoms with Crippen molar-refractivity contribution in [2.45, 2.75) is 25.9 Å². The third kappa shape index (κ3) is 2.08. The lowest BCUT2D eigenvalue weighted by Crippen LogP contribution is -2.39. The number of benzodiazepines with no additional fused rings is 1. The second kappa shape index (κ2) is 4.67. The van der Waals surface area contributed by atoms with Gasteiger partial charge in [-0.2, -0.15) is 0 Å². The third-order valence-corrected chi connectivity index (χ3v) is 2.94. The molecule has 4 heteroatoms. The van der Waals surface area contributed by atoms with E-state index in [1.165, 1.54) is 0 Å². The van der Waals surface area contributed by atoms with Gasteiger partial charge in [0, 0.05) is 18.3 Å². The van der Waals surface area contributed by atoms with Gasteiger partial charge in [-0.25, -0.2) is 0 Å². The number of nitrogens with two attached hydrogens (primary N) is 1. The van der Waals surface area contributed by atoms with Crippen molar-refractivity contribution in [3.05, 3.63) is 29.8 Å². The van der Waals surface area contributed by atoms with E-state index in [-0.39, 0.29) is 5.91 Å². The first-order chi connectivity index (χ1) is 8.15. The minimum Gasteiger partial charge on any atom is -0.312 e. The molecule has 0 aromatic heterocycles. The molecule has 1 heterocycles. The first-order valence-electron chi connectivity index (χ1n) is 5.84.